The summed E-state index contributed by atoms with van der Waals surface area (Å²) in [5.74, 6) is 1.67. The van der Waals surface area contributed by atoms with Crippen LogP contribution in [0.5, 0.6) is 11.5 Å². The van der Waals surface area contributed by atoms with Crippen LogP contribution in [0.2, 0.25) is 0 Å². The van der Waals surface area contributed by atoms with Gasteiger partial charge in [0.15, 0.2) is 0 Å². The minimum absolute atomic E-state index is 0. The quantitative estimate of drug-likeness (QED) is 0.0713. The molecule has 352 valence electrons. The molecule has 0 amide bonds. The average molecular weight is 1100 g/mol. The molecule has 0 aliphatic carbocycles. The van der Waals surface area contributed by atoms with Gasteiger partial charge in [0.2, 0.25) is 0 Å². The van der Waals surface area contributed by atoms with Crippen molar-refractivity contribution in [2.75, 3.05) is 9.80 Å². The molecule has 0 bridgehead atoms. The van der Waals surface area contributed by atoms with Crippen LogP contribution in [0.3, 0.4) is 0 Å². The summed E-state index contributed by atoms with van der Waals surface area (Å²) in [5, 5.41) is 2.28. The Morgan fingerprint density at radius 2 is 1.32 bits per heavy atom. The number of nitrogens with zero attached hydrogens (tertiary/aromatic N) is 4. The van der Waals surface area contributed by atoms with Gasteiger partial charge in [-0.25, -0.2) is 4.98 Å². The Hall–Kier alpha value is -6.42. The number of ether oxygens (including phenoxy) is 1. The molecule has 0 saturated carbocycles. The minimum atomic E-state index is -0.560. The monoisotopic (exact) mass is 1090 g/mol. The maximum absolute atomic E-state index is 9.07. The minimum Gasteiger partial charge on any atom is -0.509 e. The summed E-state index contributed by atoms with van der Waals surface area (Å²) in [6.07, 6.45) is 12.3. The van der Waals surface area contributed by atoms with Crippen LogP contribution in [-0.2, 0) is 39.3 Å². The van der Waals surface area contributed by atoms with Crippen LogP contribution in [0.25, 0.3) is 49.9 Å². The van der Waals surface area contributed by atoms with E-state index in [0.717, 1.165) is 53.5 Å². The number of anilines is 4. The molecule has 10 rings (SSSR count). The SMILES string of the molecule is [2H]c1c([2H])c([2H])c(-c2cccc(-c3c([2H])c([2H])c([2H])c([2H])c3[2H])c2N2[CH-]N(c3[c-]c(Oc4[c-]c5c(cc4)c4c(CCC)c(CCCCCCCC)ccc4n5-c4cc(C(C)(C)C)ccn4)ccc3)c3ccccc32)c([2H])c1[2H].[Pt]. The van der Waals surface area contributed by atoms with E-state index in [2.05, 4.69) is 81.7 Å². The van der Waals surface area contributed by atoms with Crippen LogP contribution in [0.15, 0.2) is 164 Å². The van der Waals surface area contributed by atoms with Gasteiger partial charge in [-0.1, -0.05) is 175 Å². The topological polar surface area (TPSA) is 33.5 Å². The van der Waals surface area contributed by atoms with Gasteiger partial charge in [-0.3, -0.25) is 0 Å². The second kappa shape index (κ2) is 21.1. The van der Waals surface area contributed by atoms with Crippen LogP contribution < -0.4 is 14.5 Å². The molecule has 0 saturated heterocycles. The van der Waals surface area contributed by atoms with Crippen LogP contribution >= 0.6 is 0 Å². The van der Waals surface area contributed by atoms with Crippen molar-refractivity contribution in [3.05, 3.63) is 199 Å². The molecule has 0 N–H and O–H groups in total. The van der Waals surface area contributed by atoms with Gasteiger partial charge < -0.3 is 19.1 Å². The predicted molar refractivity (Wildman–Crippen MR) is 285 cm³/mol. The molecule has 0 atom stereocenters. The first-order valence-corrected chi connectivity index (χ1v) is 23.9. The van der Waals surface area contributed by atoms with Crippen molar-refractivity contribution in [3.8, 4) is 39.6 Å². The van der Waals surface area contributed by atoms with Crippen molar-refractivity contribution in [1.82, 2.24) is 9.55 Å². The van der Waals surface area contributed by atoms with E-state index in [-0.39, 0.29) is 54.4 Å². The Kier molecular flexibility index (Phi) is 11.2. The summed E-state index contributed by atoms with van der Waals surface area (Å²) in [4.78, 5) is 8.62. The fourth-order valence-electron chi connectivity index (χ4n) is 9.51. The first-order chi connectivity index (χ1) is 37.4. The average Bonchev–Trinajstić information content (AvgIpc) is 3.93. The standard InChI is InChI=1S/C63H61N4O.Pt/c1-6-8-9-10-11-14-28-47-35-38-58-61(52(47)23-7-2)55-37-36-51(43-59(55)67(58)60-41-48(39-40-64-60)63(3,4)5)68-50-30-21-29-49(42-50)65-44-66(57-34-20-19-33-56(57)65)62-53(45-24-15-12-16-25-45)31-22-32-54(62)46-26-17-13-18-27-46;/h12-13,15-22,24-27,29-41,44H,6-11,14,23,28H2,1-5H3;/q-3;/i12D,13D,15D,16D,17D,18D,24D,25D,26D,27D;. The first-order valence-electron chi connectivity index (χ1n) is 28.9. The Labute approximate surface area is 438 Å². The second-order valence-corrected chi connectivity index (χ2v) is 18.5. The normalized spacial score (nSPS) is 14.4. The molecule has 2 aromatic heterocycles. The summed E-state index contributed by atoms with van der Waals surface area (Å²) >= 11 is 0. The Balaban J connectivity index is 0.00000757. The smallest absolute Gasteiger partial charge is 0.135 e. The van der Waals surface area contributed by atoms with Crippen LogP contribution in [0.1, 0.15) is 110 Å². The fourth-order valence-corrected chi connectivity index (χ4v) is 9.51. The number of aromatic nitrogens is 2. The number of para-hydroxylation sites is 3. The van der Waals surface area contributed by atoms with Crippen molar-refractivity contribution < 1.29 is 39.5 Å². The molecule has 7 aromatic carbocycles. The third kappa shape index (κ3) is 9.77. The van der Waals surface area contributed by atoms with Crippen LogP contribution in [-0.4, -0.2) is 9.55 Å². The summed E-state index contributed by atoms with van der Waals surface area (Å²) in [7, 11) is 0. The van der Waals surface area contributed by atoms with E-state index >= 15 is 0 Å². The molecular weight excluding hydrogens is 1020 g/mol. The Bertz CT molecular complexity index is 3650. The summed E-state index contributed by atoms with van der Waals surface area (Å²) in [6.45, 7) is 12.9. The van der Waals surface area contributed by atoms with Gasteiger partial charge in [-0.05, 0) is 88.2 Å². The molecule has 6 heteroatoms. The number of hydrogen-bond donors (Lipinski definition) is 0. The van der Waals surface area contributed by atoms with Gasteiger partial charge in [0, 0.05) is 72.5 Å². The van der Waals surface area contributed by atoms with E-state index in [1.807, 2.05) is 59.6 Å². The summed E-state index contributed by atoms with van der Waals surface area (Å²) in [5.41, 5.74) is 7.93. The predicted octanol–water partition coefficient (Wildman–Crippen LogP) is 17.5. The van der Waals surface area contributed by atoms with Gasteiger partial charge in [-0.15, -0.1) is 48.1 Å². The van der Waals surface area contributed by atoms with E-state index < -0.39 is 60.4 Å². The molecule has 0 radical (unpaired) electrons. The maximum Gasteiger partial charge on any atom is 0.135 e. The maximum atomic E-state index is 9.07. The number of fused-ring (bicyclic) bond motifs is 4. The van der Waals surface area contributed by atoms with Crippen molar-refractivity contribution in [3.63, 3.8) is 0 Å². The van der Waals surface area contributed by atoms with E-state index in [0.29, 0.717) is 28.6 Å². The fraction of sp³-hybridized carbons (Fsp3) is 0.238. The van der Waals surface area contributed by atoms with E-state index in [1.165, 1.54) is 48.6 Å². The van der Waals surface area contributed by atoms with Gasteiger partial charge in [0.05, 0.1) is 13.7 Å². The molecular formula is C63H61N4OPt-3. The van der Waals surface area contributed by atoms with Crippen molar-refractivity contribution in [2.45, 2.75) is 97.8 Å². The summed E-state index contributed by atoms with van der Waals surface area (Å²) < 4.78 is 96.5. The number of unbranched alkanes of at least 4 members (excludes halogenated alkanes) is 5. The van der Waals surface area contributed by atoms with Gasteiger partial charge in [0.1, 0.15) is 5.82 Å². The molecule has 5 nitrogen and oxygen atoms in total. The molecule has 9 aromatic rings. The van der Waals surface area contributed by atoms with Crippen molar-refractivity contribution in [2.24, 2.45) is 0 Å². The molecule has 1 aliphatic heterocycles. The van der Waals surface area contributed by atoms with E-state index in [4.69, 9.17) is 23.4 Å². The first kappa shape index (κ1) is 36.5. The number of aryl methyl sites for hydroxylation is 2. The van der Waals surface area contributed by atoms with Crippen LogP contribution in [0, 0.1) is 18.8 Å². The number of hydrogen-bond acceptors (Lipinski definition) is 4. The third-order valence-corrected chi connectivity index (χ3v) is 12.8. The zero-order valence-corrected chi connectivity index (χ0v) is 42.0. The zero-order chi connectivity index (χ0) is 55.3. The second-order valence-electron chi connectivity index (χ2n) is 18.5. The number of pyridine rings is 1. The molecule has 0 fully saturated rings. The third-order valence-electron chi connectivity index (χ3n) is 12.8. The van der Waals surface area contributed by atoms with Crippen molar-refractivity contribution >= 4 is 44.6 Å². The van der Waals surface area contributed by atoms with Crippen LogP contribution in [0.4, 0.5) is 22.7 Å². The van der Waals surface area contributed by atoms with E-state index in [1.54, 1.807) is 29.8 Å². The molecule has 0 spiro atoms. The number of rotatable bonds is 16. The largest absolute Gasteiger partial charge is 0.509 e. The Morgan fingerprint density at radius 3 is 2.01 bits per heavy atom. The summed E-state index contributed by atoms with van der Waals surface area (Å²) in [6, 6.07) is 32.8. The molecule has 3 heterocycles. The van der Waals surface area contributed by atoms with Crippen molar-refractivity contribution in [1.29, 1.82) is 0 Å². The van der Waals surface area contributed by atoms with E-state index in [9.17, 15) is 0 Å². The Morgan fingerprint density at radius 1 is 0.652 bits per heavy atom. The van der Waals surface area contributed by atoms with Gasteiger partial charge >= 0.3 is 0 Å². The van der Waals surface area contributed by atoms with Gasteiger partial charge in [-0.2, -0.15) is 12.1 Å². The molecule has 1 aliphatic rings. The number of benzene rings is 7. The molecule has 69 heavy (non-hydrogen) atoms. The zero-order valence-electron chi connectivity index (χ0n) is 49.8. The van der Waals surface area contributed by atoms with Gasteiger partial charge in [0.25, 0.3) is 0 Å². The molecule has 0 unspecified atom stereocenters.